The van der Waals surface area contributed by atoms with E-state index in [4.69, 9.17) is 16.3 Å². The van der Waals surface area contributed by atoms with E-state index in [1.807, 2.05) is 4.90 Å². The molecule has 0 bridgehead atoms. The number of nitrogens with one attached hydrogen (secondary N) is 1. The van der Waals surface area contributed by atoms with Crippen LogP contribution in [0.4, 0.5) is 0 Å². The lowest BCUT2D eigenvalue weighted by Gasteiger charge is -2.34. The van der Waals surface area contributed by atoms with Gasteiger partial charge in [-0.05, 0) is 43.5 Å². The van der Waals surface area contributed by atoms with Gasteiger partial charge >= 0.3 is 0 Å². The van der Waals surface area contributed by atoms with Gasteiger partial charge in [0.2, 0.25) is 0 Å². The van der Waals surface area contributed by atoms with Crippen LogP contribution in [0.25, 0.3) is 0 Å². The zero-order valence-electron chi connectivity index (χ0n) is 13.3. The fourth-order valence-electron chi connectivity index (χ4n) is 2.84. The first-order chi connectivity index (χ1) is 10.6. The number of amides is 1. The van der Waals surface area contributed by atoms with Gasteiger partial charge in [0, 0.05) is 42.9 Å². The quantitative estimate of drug-likeness (QED) is 0.874. The van der Waals surface area contributed by atoms with E-state index in [2.05, 4.69) is 12.2 Å². The smallest absolute Gasteiger partial charge is 0.253 e. The third-order valence-corrected chi connectivity index (χ3v) is 4.46. The van der Waals surface area contributed by atoms with Crippen molar-refractivity contribution in [1.29, 1.82) is 0 Å². The zero-order valence-corrected chi connectivity index (χ0v) is 14.1. The van der Waals surface area contributed by atoms with E-state index in [1.165, 1.54) is 0 Å². The second kappa shape index (κ2) is 8.51. The van der Waals surface area contributed by atoms with Crippen molar-refractivity contribution in [2.45, 2.75) is 38.3 Å². The minimum Gasteiger partial charge on any atom is -0.383 e. The summed E-state index contributed by atoms with van der Waals surface area (Å²) >= 11 is 5.87. The Morgan fingerprint density at radius 2 is 2.00 bits per heavy atom. The number of ether oxygens (including phenoxy) is 1. The highest BCUT2D eigenvalue weighted by Crippen LogP contribution is 2.16. The van der Waals surface area contributed by atoms with E-state index < -0.39 is 0 Å². The molecule has 122 valence electrons. The minimum atomic E-state index is 0.0963. The fourth-order valence-corrected chi connectivity index (χ4v) is 2.97. The molecule has 1 saturated heterocycles. The molecule has 0 aliphatic carbocycles. The van der Waals surface area contributed by atoms with Crippen molar-refractivity contribution in [3.8, 4) is 0 Å². The Bertz CT molecular complexity index is 470. The van der Waals surface area contributed by atoms with Crippen LogP contribution < -0.4 is 5.32 Å². The first kappa shape index (κ1) is 17.3. The van der Waals surface area contributed by atoms with Crippen molar-refractivity contribution in [3.63, 3.8) is 0 Å². The Morgan fingerprint density at radius 1 is 1.36 bits per heavy atom. The molecule has 1 aliphatic rings. The van der Waals surface area contributed by atoms with E-state index in [9.17, 15) is 4.79 Å². The summed E-state index contributed by atoms with van der Waals surface area (Å²) in [5.74, 6) is 0.0963. The standard InChI is InChI=1S/C17H25ClN2O2/c1-3-15(12-22-2)19-16-8-10-20(11-9-16)17(21)13-4-6-14(18)7-5-13/h4-7,15-16,19H,3,8-12H2,1-2H3/t15-/m0/s1. The van der Waals surface area contributed by atoms with Crippen molar-refractivity contribution >= 4 is 17.5 Å². The highest BCUT2D eigenvalue weighted by molar-refractivity contribution is 6.30. The van der Waals surface area contributed by atoms with Gasteiger partial charge < -0.3 is 15.0 Å². The molecule has 1 amide bonds. The zero-order chi connectivity index (χ0) is 15.9. The summed E-state index contributed by atoms with van der Waals surface area (Å²) in [6.45, 7) is 4.49. The van der Waals surface area contributed by atoms with Gasteiger partial charge in [-0.3, -0.25) is 4.79 Å². The third-order valence-electron chi connectivity index (χ3n) is 4.21. The van der Waals surface area contributed by atoms with E-state index in [1.54, 1.807) is 31.4 Å². The first-order valence-corrected chi connectivity index (χ1v) is 8.31. The second-order valence-corrected chi connectivity index (χ2v) is 6.24. The molecule has 22 heavy (non-hydrogen) atoms. The second-order valence-electron chi connectivity index (χ2n) is 5.80. The van der Waals surface area contributed by atoms with Crippen LogP contribution in [0.5, 0.6) is 0 Å². The molecule has 1 atom stereocenters. The van der Waals surface area contributed by atoms with Crippen LogP contribution in [0.3, 0.4) is 0 Å². The number of carbonyl (C=O) groups excluding carboxylic acids is 1. The van der Waals surface area contributed by atoms with Crippen molar-refractivity contribution in [1.82, 2.24) is 10.2 Å². The molecular formula is C17H25ClN2O2. The van der Waals surface area contributed by atoms with Gasteiger partial charge in [-0.1, -0.05) is 18.5 Å². The average molecular weight is 325 g/mol. The minimum absolute atomic E-state index is 0.0963. The van der Waals surface area contributed by atoms with Crippen LogP contribution in [0.2, 0.25) is 5.02 Å². The van der Waals surface area contributed by atoms with Gasteiger partial charge in [0.1, 0.15) is 0 Å². The number of benzene rings is 1. The maximum Gasteiger partial charge on any atom is 0.253 e. The highest BCUT2D eigenvalue weighted by Gasteiger charge is 2.24. The molecule has 1 aromatic carbocycles. The number of nitrogens with zero attached hydrogens (tertiary/aromatic N) is 1. The Kier molecular flexibility index (Phi) is 6.68. The van der Waals surface area contributed by atoms with E-state index in [0.717, 1.165) is 39.0 Å². The van der Waals surface area contributed by atoms with Gasteiger partial charge in [-0.25, -0.2) is 0 Å². The van der Waals surface area contributed by atoms with Crippen LogP contribution in [-0.4, -0.2) is 49.7 Å². The lowest BCUT2D eigenvalue weighted by molar-refractivity contribution is 0.0693. The molecule has 0 unspecified atom stereocenters. The maximum atomic E-state index is 12.4. The summed E-state index contributed by atoms with van der Waals surface area (Å²) in [6.07, 6.45) is 3.02. The average Bonchev–Trinajstić information content (AvgIpc) is 2.55. The number of piperidine rings is 1. The summed E-state index contributed by atoms with van der Waals surface area (Å²) < 4.78 is 5.23. The number of likely N-dealkylation sites (tertiary alicyclic amines) is 1. The summed E-state index contributed by atoms with van der Waals surface area (Å²) in [5, 5.41) is 4.29. The molecular weight excluding hydrogens is 300 g/mol. The van der Waals surface area contributed by atoms with E-state index in [0.29, 0.717) is 22.7 Å². The van der Waals surface area contributed by atoms with E-state index >= 15 is 0 Å². The number of methoxy groups -OCH3 is 1. The lowest BCUT2D eigenvalue weighted by Crippen LogP contribution is -2.48. The summed E-state index contributed by atoms with van der Waals surface area (Å²) in [6, 6.07) is 7.98. The van der Waals surface area contributed by atoms with Crippen molar-refractivity contribution in [2.75, 3.05) is 26.8 Å². The SMILES string of the molecule is CC[C@@H](COC)NC1CCN(C(=O)c2ccc(Cl)cc2)CC1. The number of hydrogen-bond acceptors (Lipinski definition) is 3. The van der Waals surface area contributed by atoms with Crippen LogP contribution in [-0.2, 0) is 4.74 Å². The van der Waals surface area contributed by atoms with Crippen molar-refractivity contribution in [3.05, 3.63) is 34.9 Å². The Balaban J connectivity index is 1.83. The van der Waals surface area contributed by atoms with Crippen LogP contribution in [0, 0.1) is 0 Å². The molecule has 0 saturated carbocycles. The Morgan fingerprint density at radius 3 is 2.55 bits per heavy atom. The highest BCUT2D eigenvalue weighted by atomic mass is 35.5. The van der Waals surface area contributed by atoms with E-state index in [-0.39, 0.29) is 5.91 Å². The molecule has 5 heteroatoms. The molecule has 1 aliphatic heterocycles. The van der Waals surface area contributed by atoms with Crippen molar-refractivity contribution < 1.29 is 9.53 Å². The molecule has 1 heterocycles. The van der Waals surface area contributed by atoms with Gasteiger partial charge in [0.15, 0.2) is 0 Å². The van der Waals surface area contributed by atoms with Gasteiger partial charge in [0.25, 0.3) is 5.91 Å². The third kappa shape index (κ3) is 4.70. The topological polar surface area (TPSA) is 41.6 Å². The monoisotopic (exact) mass is 324 g/mol. The molecule has 2 rings (SSSR count). The van der Waals surface area contributed by atoms with Crippen molar-refractivity contribution in [2.24, 2.45) is 0 Å². The van der Waals surface area contributed by atoms with Gasteiger partial charge in [-0.2, -0.15) is 0 Å². The first-order valence-electron chi connectivity index (χ1n) is 7.93. The molecule has 1 fully saturated rings. The Hall–Kier alpha value is -1.10. The largest absolute Gasteiger partial charge is 0.383 e. The van der Waals surface area contributed by atoms with Gasteiger partial charge in [-0.15, -0.1) is 0 Å². The fraction of sp³-hybridized carbons (Fsp3) is 0.588. The number of carbonyl (C=O) groups is 1. The normalized spacial score (nSPS) is 17.5. The van der Waals surface area contributed by atoms with Crippen LogP contribution in [0.15, 0.2) is 24.3 Å². The lowest BCUT2D eigenvalue weighted by atomic mass is 10.0. The van der Waals surface area contributed by atoms with Crippen LogP contribution in [0.1, 0.15) is 36.5 Å². The predicted molar refractivity (Wildman–Crippen MR) is 89.5 cm³/mol. The molecule has 1 N–H and O–H groups in total. The summed E-state index contributed by atoms with van der Waals surface area (Å²) in [4.78, 5) is 14.4. The molecule has 4 nitrogen and oxygen atoms in total. The summed E-state index contributed by atoms with van der Waals surface area (Å²) in [5.41, 5.74) is 0.710. The molecule has 0 radical (unpaired) electrons. The number of halogens is 1. The van der Waals surface area contributed by atoms with Crippen LogP contribution >= 0.6 is 11.6 Å². The molecule has 1 aromatic rings. The Labute approximate surface area is 137 Å². The maximum absolute atomic E-state index is 12.4. The van der Waals surface area contributed by atoms with Gasteiger partial charge in [0.05, 0.1) is 6.61 Å². The summed E-state index contributed by atoms with van der Waals surface area (Å²) in [7, 11) is 1.73. The molecule has 0 spiro atoms. The molecule has 0 aromatic heterocycles. The predicted octanol–water partition coefficient (Wildman–Crippen LogP) is 2.96. The number of hydrogen-bond donors (Lipinski definition) is 1. The number of rotatable bonds is 6.